The number of ether oxygens (including phenoxy) is 2. The predicted octanol–water partition coefficient (Wildman–Crippen LogP) is 3.59. The number of carbonyl (C=O) groups is 2. The normalized spacial score (nSPS) is 24.7. The van der Waals surface area contributed by atoms with Gasteiger partial charge in [0.05, 0.1) is 53.5 Å². The number of rotatable bonds is 5. The molecule has 2 fully saturated rings. The number of aliphatic hydroxyl groups is 1. The van der Waals surface area contributed by atoms with E-state index in [4.69, 9.17) is 32.7 Å². The Balaban J connectivity index is 1.39. The van der Waals surface area contributed by atoms with Crippen LogP contribution in [0.2, 0.25) is 10.0 Å². The quantitative estimate of drug-likeness (QED) is 0.623. The van der Waals surface area contributed by atoms with Crippen LogP contribution in [-0.2, 0) is 20.8 Å². The molecule has 0 saturated carbocycles. The van der Waals surface area contributed by atoms with Gasteiger partial charge >= 0.3 is 0 Å². The minimum atomic E-state index is -0.892. The maximum atomic E-state index is 14.3. The minimum absolute atomic E-state index is 0.00645. The SMILES string of the molecule is O=C(C[C@H]1CC[C@@H]2[C@H](COC[C@H](O)CN2C(=O)c2ccccc2F)O1)NCc1ccc(Cl)c(Cl)c1. The Morgan fingerprint density at radius 1 is 1.11 bits per heavy atom. The lowest BCUT2D eigenvalue weighted by Crippen LogP contribution is -2.57. The molecule has 2 N–H and O–H groups in total. The Morgan fingerprint density at radius 3 is 2.69 bits per heavy atom. The number of benzene rings is 2. The van der Waals surface area contributed by atoms with Crippen LogP contribution in [0.4, 0.5) is 4.39 Å². The number of nitrogens with one attached hydrogen (secondary N) is 1. The van der Waals surface area contributed by atoms with Crippen LogP contribution in [-0.4, -0.2) is 65.9 Å². The highest BCUT2D eigenvalue weighted by Gasteiger charge is 2.40. The zero-order valence-corrected chi connectivity index (χ0v) is 20.5. The van der Waals surface area contributed by atoms with E-state index in [1.165, 1.54) is 23.1 Å². The van der Waals surface area contributed by atoms with E-state index in [2.05, 4.69) is 5.32 Å². The van der Waals surface area contributed by atoms with Crippen LogP contribution in [0, 0.1) is 5.82 Å². The van der Waals surface area contributed by atoms with Gasteiger partial charge in [-0.15, -0.1) is 0 Å². The summed E-state index contributed by atoms with van der Waals surface area (Å²) in [5.41, 5.74) is 0.774. The highest BCUT2D eigenvalue weighted by atomic mass is 35.5. The zero-order chi connectivity index (χ0) is 24.9. The average Bonchev–Trinajstić information content (AvgIpc) is 2.82. The molecule has 0 radical (unpaired) electrons. The summed E-state index contributed by atoms with van der Waals surface area (Å²) < 4.78 is 26.1. The number of β-amino-alcohol motifs (C(OH)–C–C–N with tert-alkyl or cyclic N) is 1. The van der Waals surface area contributed by atoms with Gasteiger partial charge < -0.3 is 24.8 Å². The Bertz CT molecular complexity index is 1070. The van der Waals surface area contributed by atoms with Gasteiger partial charge in [0, 0.05) is 13.1 Å². The lowest BCUT2D eigenvalue weighted by Gasteiger charge is -2.44. The van der Waals surface area contributed by atoms with E-state index in [1.54, 1.807) is 24.3 Å². The van der Waals surface area contributed by atoms with Crippen molar-refractivity contribution in [2.45, 2.75) is 50.2 Å². The summed E-state index contributed by atoms with van der Waals surface area (Å²) in [6.45, 7) is 0.500. The average molecular weight is 525 g/mol. The molecular formula is C25H27Cl2FN2O5. The fourth-order valence-electron chi connectivity index (χ4n) is 4.49. The fourth-order valence-corrected chi connectivity index (χ4v) is 4.81. The molecule has 2 heterocycles. The number of aliphatic hydroxyl groups excluding tert-OH is 1. The molecule has 2 saturated heterocycles. The molecule has 2 aromatic carbocycles. The molecule has 2 amide bonds. The molecule has 10 heteroatoms. The first kappa shape index (κ1) is 25.9. The van der Waals surface area contributed by atoms with Crippen molar-refractivity contribution in [1.82, 2.24) is 10.2 Å². The Kier molecular flexibility index (Phi) is 8.62. The first-order chi connectivity index (χ1) is 16.8. The lowest BCUT2D eigenvalue weighted by atomic mass is 9.94. The number of hydrogen-bond acceptors (Lipinski definition) is 5. The van der Waals surface area contributed by atoms with Gasteiger partial charge in [-0.25, -0.2) is 4.39 Å². The van der Waals surface area contributed by atoms with Gasteiger partial charge in [-0.3, -0.25) is 9.59 Å². The van der Waals surface area contributed by atoms with Gasteiger partial charge in [0.25, 0.3) is 5.91 Å². The van der Waals surface area contributed by atoms with E-state index < -0.39 is 30.0 Å². The molecule has 35 heavy (non-hydrogen) atoms. The molecule has 0 unspecified atom stereocenters. The van der Waals surface area contributed by atoms with Crippen molar-refractivity contribution in [3.05, 3.63) is 69.5 Å². The smallest absolute Gasteiger partial charge is 0.257 e. The van der Waals surface area contributed by atoms with Crippen LogP contribution in [0.3, 0.4) is 0 Å². The van der Waals surface area contributed by atoms with Crippen LogP contribution in [0.25, 0.3) is 0 Å². The van der Waals surface area contributed by atoms with Crippen molar-refractivity contribution in [2.75, 3.05) is 19.8 Å². The number of amides is 2. The van der Waals surface area contributed by atoms with Crippen LogP contribution in [0.5, 0.6) is 0 Å². The van der Waals surface area contributed by atoms with E-state index in [0.29, 0.717) is 29.4 Å². The van der Waals surface area contributed by atoms with Gasteiger partial charge in [0.2, 0.25) is 5.91 Å². The van der Waals surface area contributed by atoms with Crippen LogP contribution >= 0.6 is 23.2 Å². The second-order valence-corrected chi connectivity index (χ2v) is 9.61. The van der Waals surface area contributed by atoms with Crippen molar-refractivity contribution >= 4 is 35.0 Å². The molecule has 2 aromatic rings. The van der Waals surface area contributed by atoms with Gasteiger partial charge in [-0.05, 0) is 42.7 Å². The lowest BCUT2D eigenvalue weighted by molar-refractivity contribution is -0.151. The number of halogens is 3. The summed E-state index contributed by atoms with van der Waals surface area (Å²) in [6, 6.07) is 10.5. The highest BCUT2D eigenvalue weighted by molar-refractivity contribution is 6.42. The molecule has 2 aliphatic rings. The van der Waals surface area contributed by atoms with Gasteiger partial charge in [0.15, 0.2) is 0 Å². The van der Waals surface area contributed by atoms with Crippen molar-refractivity contribution in [2.24, 2.45) is 0 Å². The van der Waals surface area contributed by atoms with Crippen LogP contribution in [0.15, 0.2) is 42.5 Å². The van der Waals surface area contributed by atoms with Crippen molar-refractivity contribution < 1.29 is 28.6 Å². The number of nitrogens with zero attached hydrogens (tertiary/aromatic N) is 1. The van der Waals surface area contributed by atoms with Crippen molar-refractivity contribution in [1.29, 1.82) is 0 Å². The third-order valence-corrected chi connectivity index (χ3v) is 6.97. The molecule has 0 aromatic heterocycles. The summed E-state index contributed by atoms with van der Waals surface area (Å²) in [5.74, 6) is -1.29. The first-order valence-corrected chi connectivity index (χ1v) is 12.2. The van der Waals surface area contributed by atoms with Crippen LogP contribution < -0.4 is 5.32 Å². The Hall–Kier alpha value is -2.23. The number of carbonyl (C=O) groups excluding carboxylic acids is 2. The monoisotopic (exact) mass is 524 g/mol. The standard InChI is InChI=1S/C25H27Cl2FN2O5/c26-19-7-5-15(9-20(19)27)11-29-24(32)10-17-6-8-22-23(35-17)14-34-13-16(31)12-30(22)25(33)18-3-1-2-4-21(18)28/h1-5,7,9,16-17,22-23,31H,6,8,10-14H2,(H,29,32)/t16-,17-,22-,23+/m1/s1. The topological polar surface area (TPSA) is 88.1 Å². The largest absolute Gasteiger partial charge is 0.389 e. The Morgan fingerprint density at radius 2 is 1.91 bits per heavy atom. The van der Waals surface area contributed by atoms with Crippen LogP contribution in [0.1, 0.15) is 35.2 Å². The maximum Gasteiger partial charge on any atom is 0.257 e. The molecule has 4 rings (SSSR count). The van der Waals surface area contributed by atoms with Gasteiger partial charge in [0.1, 0.15) is 11.9 Å². The maximum absolute atomic E-state index is 14.3. The minimum Gasteiger partial charge on any atom is -0.389 e. The van der Waals surface area contributed by atoms with E-state index in [-0.39, 0.29) is 43.8 Å². The molecule has 4 atom stereocenters. The summed E-state index contributed by atoms with van der Waals surface area (Å²) in [6.07, 6.45) is -0.543. The van der Waals surface area contributed by atoms with Gasteiger partial charge in [-0.1, -0.05) is 41.4 Å². The molecular weight excluding hydrogens is 498 g/mol. The van der Waals surface area contributed by atoms with E-state index in [9.17, 15) is 19.1 Å². The van der Waals surface area contributed by atoms with E-state index >= 15 is 0 Å². The third kappa shape index (κ3) is 6.51. The summed E-state index contributed by atoms with van der Waals surface area (Å²) in [4.78, 5) is 27.2. The molecule has 2 aliphatic heterocycles. The fraction of sp³-hybridized carbons (Fsp3) is 0.440. The molecule has 188 valence electrons. The molecule has 0 spiro atoms. The molecule has 7 nitrogen and oxygen atoms in total. The highest BCUT2D eigenvalue weighted by Crippen LogP contribution is 2.29. The van der Waals surface area contributed by atoms with E-state index in [0.717, 1.165) is 5.56 Å². The summed E-state index contributed by atoms with van der Waals surface area (Å²) in [7, 11) is 0. The predicted molar refractivity (Wildman–Crippen MR) is 129 cm³/mol. The second kappa shape index (κ2) is 11.7. The zero-order valence-electron chi connectivity index (χ0n) is 19.0. The van der Waals surface area contributed by atoms with Crippen molar-refractivity contribution in [3.8, 4) is 0 Å². The molecule has 0 bridgehead atoms. The van der Waals surface area contributed by atoms with Gasteiger partial charge in [-0.2, -0.15) is 0 Å². The van der Waals surface area contributed by atoms with E-state index in [1.807, 2.05) is 0 Å². The second-order valence-electron chi connectivity index (χ2n) is 8.80. The Labute approximate surface area is 213 Å². The third-order valence-electron chi connectivity index (χ3n) is 6.23. The first-order valence-electron chi connectivity index (χ1n) is 11.5. The number of hydrogen-bond donors (Lipinski definition) is 2. The number of fused-ring (bicyclic) bond motifs is 1. The summed E-state index contributed by atoms with van der Waals surface area (Å²) in [5, 5.41) is 14.0. The molecule has 0 aliphatic carbocycles. The van der Waals surface area contributed by atoms with Crippen molar-refractivity contribution in [3.63, 3.8) is 0 Å². The summed E-state index contributed by atoms with van der Waals surface area (Å²) >= 11 is 12.0.